The minimum atomic E-state index is 0.609. The quantitative estimate of drug-likeness (QED) is 0.640. The van der Waals surface area contributed by atoms with Crippen LogP contribution >= 0.6 is 0 Å². The van der Waals surface area contributed by atoms with Crippen LogP contribution in [-0.2, 0) is 6.42 Å². The van der Waals surface area contributed by atoms with E-state index in [0.29, 0.717) is 6.04 Å². The number of nitrogen functional groups attached to an aromatic ring is 1. The summed E-state index contributed by atoms with van der Waals surface area (Å²) in [4.78, 5) is 11.7. The molecule has 3 N–H and O–H groups in total. The maximum Gasteiger partial charge on any atom is 0.148 e. The molecule has 0 spiro atoms. The van der Waals surface area contributed by atoms with E-state index in [4.69, 9.17) is 10.8 Å². The van der Waals surface area contributed by atoms with Crippen LogP contribution in [0.4, 0.5) is 11.6 Å². The molecule has 0 unspecified atom stereocenters. The summed E-state index contributed by atoms with van der Waals surface area (Å²) in [5, 5.41) is 0. The molecule has 0 aromatic carbocycles. The lowest BCUT2D eigenvalue weighted by Gasteiger charge is -2.35. The Morgan fingerprint density at radius 1 is 1.20 bits per heavy atom. The van der Waals surface area contributed by atoms with Crippen molar-refractivity contribution in [2.75, 3.05) is 16.9 Å². The largest absolute Gasteiger partial charge is 0.354 e. The highest BCUT2D eigenvalue weighted by Crippen LogP contribution is 2.30. The highest BCUT2D eigenvalue weighted by atomic mass is 15.3. The Morgan fingerprint density at radius 3 is 2.45 bits per heavy atom. The number of hydrogen-bond acceptors (Lipinski definition) is 5. The average molecular weight is 277 g/mol. The molecule has 0 aliphatic heterocycles. The molecule has 0 saturated heterocycles. The second kappa shape index (κ2) is 6.88. The van der Waals surface area contributed by atoms with Gasteiger partial charge in [-0.25, -0.2) is 15.8 Å². The molecule has 0 bridgehead atoms. The van der Waals surface area contributed by atoms with Gasteiger partial charge < -0.3 is 10.3 Å². The van der Waals surface area contributed by atoms with E-state index in [9.17, 15) is 0 Å². The number of nitrogens with zero attached hydrogens (tertiary/aromatic N) is 3. The van der Waals surface area contributed by atoms with Crippen molar-refractivity contribution in [3.05, 3.63) is 11.4 Å². The molecule has 1 aliphatic carbocycles. The predicted octanol–water partition coefficient (Wildman–Crippen LogP) is 2.79. The van der Waals surface area contributed by atoms with Gasteiger partial charge in [0.25, 0.3) is 0 Å². The lowest BCUT2D eigenvalue weighted by Crippen LogP contribution is -2.38. The van der Waals surface area contributed by atoms with Crippen LogP contribution in [0.3, 0.4) is 0 Å². The number of hydrazine groups is 1. The summed E-state index contributed by atoms with van der Waals surface area (Å²) in [6.07, 6.45) is 7.38. The molecular formula is C15H27N5. The summed E-state index contributed by atoms with van der Waals surface area (Å²) in [5.41, 5.74) is 3.77. The highest BCUT2D eigenvalue weighted by Gasteiger charge is 2.24. The van der Waals surface area contributed by atoms with Gasteiger partial charge in [-0.15, -0.1) is 0 Å². The molecule has 1 fully saturated rings. The lowest BCUT2D eigenvalue weighted by molar-refractivity contribution is 0.415. The van der Waals surface area contributed by atoms with Crippen LogP contribution in [0.15, 0.2) is 0 Å². The van der Waals surface area contributed by atoms with Gasteiger partial charge in [-0.2, -0.15) is 0 Å². The second-order valence-corrected chi connectivity index (χ2v) is 5.51. The monoisotopic (exact) mass is 277 g/mol. The molecule has 2 rings (SSSR count). The summed E-state index contributed by atoms with van der Waals surface area (Å²) < 4.78 is 0. The third-order valence-corrected chi connectivity index (χ3v) is 4.25. The van der Waals surface area contributed by atoms with Crippen molar-refractivity contribution in [1.29, 1.82) is 0 Å². The Bertz CT molecular complexity index is 440. The third-order valence-electron chi connectivity index (χ3n) is 4.25. The minimum absolute atomic E-state index is 0.609. The Morgan fingerprint density at radius 2 is 1.90 bits per heavy atom. The number of aryl methyl sites for hydroxylation is 1. The first kappa shape index (κ1) is 15.0. The first-order chi connectivity index (χ1) is 9.71. The van der Waals surface area contributed by atoms with Gasteiger partial charge in [-0.3, -0.25) is 0 Å². The third kappa shape index (κ3) is 3.03. The molecule has 20 heavy (non-hydrogen) atoms. The van der Waals surface area contributed by atoms with Gasteiger partial charge in [0, 0.05) is 24.6 Å². The molecule has 0 atom stereocenters. The van der Waals surface area contributed by atoms with Gasteiger partial charge in [0.05, 0.1) is 0 Å². The van der Waals surface area contributed by atoms with E-state index in [1.54, 1.807) is 0 Å². The van der Waals surface area contributed by atoms with Crippen molar-refractivity contribution in [3.8, 4) is 0 Å². The molecule has 1 heterocycles. The maximum absolute atomic E-state index is 5.60. The van der Waals surface area contributed by atoms with Crippen LogP contribution in [0.2, 0.25) is 0 Å². The van der Waals surface area contributed by atoms with Gasteiger partial charge in [0.1, 0.15) is 17.5 Å². The Labute approximate surface area is 121 Å². The van der Waals surface area contributed by atoms with Crippen molar-refractivity contribution in [1.82, 2.24) is 9.97 Å². The fraction of sp³-hybridized carbons (Fsp3) is 0.733. The molecule has 112 valence electrons. The van der Waals surface area contributed by atoms with Crippen LogP contribution in [-0.4, -0.2) is 22.6 Å². The molecule has 1 aromatic rings. The number of rotatable bonds is 5. The fourth-order valence-electron chi connectivity index (χ4n) is 3.10. The summed E-state index contributed by atoms with van der Waals surface area (Å²) in [6, 6.07) is 0.609. The molecule has 0 amide bonds. The van der Waals surface area contributed by atoms with Gasteiger partial charge in [-0.1, -0.05) is 26.2 Å². The van der Waals surface area contributed by atoms with E-state index in [1.807, 2.05) is 0 Å². The Hall–Kier alpha value is -1.36. The number of hydrogen-bond donors (Lipinski definition) is 2. The SMILES string of the molecule is CCc1nc(NN)c(C)c(N(CC)C2CCCCC2)n1. The van der Waals surface area contributed by atoms with Gasteiger partial charge >= 0.3 is 0 Å². The van der Waals surface area contributed by atoms with Gasteiger partial charge in [-0.05, 0) is 26.7 Å². The lowest BCUT2D eigenvalue weighted by atomic mass is 9.94. The van der Waals surface area contributed by atoms with Crippen LogP contribution in [0, 0.1) is 6.92 Å². The van der Waals surface area contributed by atoms with Crippen molar-refractivity contribution in [2.24, 2.45) is 5.84 Å². The van der Waals surface area contributed by atoms with E-state index in [0.717, 1.165) is 36.0 Å². The maximum atomic E-state index is 5.60. The molecular weight excluding hydrogens is 250 g/mol. The molecule has 5 nitrogen and oxygen atoms in total. The van der Waals surface area contributed by atoms with Crippen molar-refractivity contribution in [2.45, 2.75) is 65.3 Å². The fourth-order valence-corrected chi connectivity index (χ4v) is 3.10. The van der Waals surface area contributed by atoms with Crippen LogP contribution in [0.1, 0.15) is 57.3 Å². The smallest absolute Gasteiger partial charge is 0.148 e. The normalized spacial score (nSPS) is 16.2. The van der Waals surface area contributed by atoms with Crippen LogP contribution in [0.5, 0.6) is 0 Å². The van der Waals surface area contributed by atoms with Crippen LogP contribution < -0.4 is 16.2 Å². The number of aromatic nitrogens is 2. The summed E-state index contributed by atoms with van der Waals surface area (Å²) in [6.45, 7) is 7.31. The molecule has 1 aliphatic rings. The molecule has 5 heteroatoms. The van der Waals surface area contributed by atoms with Gasteiger partial charge in [0.15, 0.2) is 0 Å². The summed E-state index contributed by atoms with van der Waals surface area (Å²) in [7, 11) is 0. The molecule has 1 saturated carbocycles. The van der Waals surface area contributed by atoms with Gasteiger partial charge in [0.2, 0.25) is 0 Å². The number of nitrogens with two attached hydrogens (primary N) is 1. The first-order valence-corrected chi connectivity index (χ1v) is 7.82. The van der Waals surface area contributed by atoms with Crippen molar-refractivity contribution < 1.29 is 0 Å². The Balaban J connectivity index is 2.36. The minimum Gasteiger partial charge on any atom is -0.354 e. The first-order valence-electron chi connectivity index (χ1n) is 7.82. The molecule has 1 aromatic heterocycles. The van der Waals surface area contributed by atoms with E-state index in [-0.39, 0.29) is 0 Å². The predicted molar refractivity (Wildman–Crippen MR) is 83.9 cm³/mol. The van der Waals surface area contributed by atoms with Crippen molar-refractivity contribution >= 4 is 11.6 Å². The Kier molecular flexibility index (Phi) is 5.17. The highest BCUT2D eigenvalue weighted by molar-refractivity contribution is 5.58. The number of nitrogens with one attached hydrogen (secondary N) is 1. The molecule has 0 radical (unpaired) electrons. The second-order valence-electron chi connectivity index (χ2n) is 5.51. The van der Waals surface area contributed by atoms with E-state index >= 15 is 0 Å². The zero-order valence-electron chi connectivity index (χ0n) is 12.9. The zero-order valence-corrected chi connectivity index (χ0v) is 12.9. The van der Waals surface area contributed by atoms with E-state index in [1.165, 1.54) is 32.1 Å². The summed E-state index contributed by atoms with van der Waals surface area (Å²) in [5.74, 6) is 8.26. The summed E-state index contributed by atoms with van der Waals surface area (Å²) >= 11 is 0. The average Bonchev–Trinajstić information content (AvgIpc) is 2.50. The number of anilines is 2. The topological polar surface area (TPSA) is 67.1 Å². The van der Waals surface area contributed by atoms with Crippen LogP contribution in [0.25, 0.3) is 0 Å². The zero-order chi connectivity index (χ0) is 14.5. The van der Waals surface area contributed by atoms with E-state index < -0.39 is 0 Å². The standard InChI is InChI=1S/C15H27N5/c1-4-13-17-14(19-16)11(3)15(18-13)20(5-2)12-9-7-6-8-10-12/h12H,4-10,16H2,1-3H3,(H,17,18,19). The van der Waals surface area contributed by atoms with Crippen molar-refractivity contribution in [3.63, 3.8) is 0 Å². The van der Waals surface area contributed by atoms with E-state index in [2.05, 4.69) is 36.1 Å².